The normalized spacial score (nSPS) is 18.3. The zero-order chi connectivity index (χ0) is 16.9. The summed E-state index contributed by atoms with van der Waals surface area (Å²) in [6.07, 6.45) is 0.875. The molecule has 1 N–H and O–H groups in total. The number of sulfonamides is 1. The van der Waals surface area contributed by atoms with Gasteiger partial charge in [0, 0.05) is 25.7 Å². The van der Waals surface area contributed by atoms with Crippen molar-refractivity contribution in [3.05, 3.63) is 30.1 Å². The quantitative estimate of drug-likeness (QED) is 0.820. The second-order valence-electron chi connectivity index (χ2n) is 6.21. The number of nitrogens with one attached hydrogen (secondary N) is 1. The summed E-state index contributed by atoms with van der Waals surface area (Å²) >= 11 is 0. The number of ether oxygens (including phenoxy) is 1. The fraction of sp³-hybridized carbons (Fsp3) is 0.625. The molecule has 1 saturated heterocycles. The molecule has 0 bridgehead atoms. The van der Waals surface area contributed by atoms with Crippen LogP contribution in [0.25, 0.3) is 0 Å². The molecule has 1 fully saturated rings. The Kier molecular flexibility index (Phi) is 6.52. The van der Waals surface area contributed by atoms with Crippen LogP contribution in [0.5, 0.6) is 0 Å². The van der Waals surface area contributed by atoms with Crippen molar-refractivity contribution in [1.29, 1.82) is 0 Å². The van der Waals surface area contributed by atoms with Crippen molar-refractivity contribution in [2.75, 3.05) is 32.8 Å². The lowest BCUT2D eigenvalue weighted by Crippen LogP contribution is -2.49. The fourth-order valence-electron chi connectivity index (χ4n) is 2.79. The predicted octanol–water partition coefficient (Wildman–Crippen LogP) is 1.85. The molecule has 1 atom stereocenters. The van der Waals surface area contributed by atoms with Crippen LogP contribution >= 0.6 is 0 Å². The average molecular weight is 344 g/mol. The molecule has 5 nitrogen and oxygen atoms in total. The van der Waals surface area contributed by atoms with Crippen LogP contribution in [0.4, 0.5) is 4.39 Å². The molecule has 23 heavy (non-hydrogen) atoms. The van der Waals surface area contributed by atoms with Crippen molar-refractivity contribution in [2.24, 2.45) is 5.92 Å². The summed E-state index contributed by atoms with van der Waals surface area (Å²) in [5.41, 5.74) is 0. The lowest BCUT2D eigenvalue weighted by molar-refractivity contribution is 0.0134. The third-order valence-corrected chi connectivity index (χ3v) is 5.40. The Balaban J connectivity index is 2.06. The number of hydrogen-bond donors (Lipinski definition) is 1. The first kappa shape index (κ1) is 18.3. The van der Waals surface area contributed by atoms with Crippen LogP contribution in [-0.2, 0) is 14.8 Å². The van der Waals surface area contributed by atoms with Gasteiger partial charge in [0.25, 0.3) is 0 Å². The van der Waals surface area contributed by atoms with E-state index in [1.165, 1.54) is 18.2 Å². The minimum Gasteiger partial charge on any atom is -0.379 e. The van der Waals surface area contributed by atoms with Crippen molar-refractivity contribution < 1.29 is 17.5 Å². The number of rotatable bonds is 7. The van der Waals surface area contributed by atoms with Gasteiger partial charge in [-0.15, -0.1) is 0 Å². The van der Waals surface area contributed by atoms with Crippen molar-refractivity contribution in [3.8, 4) is 0 Å². The third kappa shape index (κ3) is 5.24. The Morgan fingerprint density at radius 2 is 1.91 bits per heavy atom. The Bertz CT molecular complexity index is 601. The van der Waals surface area contributed by atoms with E-state index in [9.17, 15) is 12.8 Å². The van der Waals surface area contributed by atoms with Crippen molar-refractivity contribution in [2.45, 2.75) is 31.2 Å². The third-order valence-electron chi connectivity index (χ3n) is 3.94. The van der Waals surface area contributed by atoms with E-state index in [2.05, 4.69) is 23.5 Å². The lowest BCUT2D eigenvalue weighted by atomic mass is 10.0. The van der Waals surface area contributed by atoms with Gasteiger partial charge in [0.2, 0.25) is 10.0 Å². The zero-order valence-corrected chi connectivity index (χ0v) is 14.5. The number of hydrogen-bond acceptors (Lipinski definition) is 4. The minimum absolute atomic E-state index is 0.0837. The second-order valence-corrected chi connectivity index (χ2v) is 7.95. The van der Waals surface area contributed by atoms with Crippen LogP contribution in [0, 0.1) is 11.7 Å². The Morgan fingerprint density at radius 1 is 1.26 bits per heavy atom. The van der Waals surface area contributed by atoms with E-state index < -0.39 is 15.8 Å². The first-order valence-electron chi connectivity index (χ1n) is 7.96. The zero-order valence-electron chi connectivity index (χ0n) is 13.7. The standard InChI is InChI=1S/C16H25FN2O3S/c1-13(2)11-14(19-7-9-22-10-8-19)12-18-23(20,21)16-6-4-3-5-15(16)17/h3-6,13-14,18H,7-12H2,1-2H3. The highest BCUT2D eigenvalue weighted by atomic mass is 32.2. The molecule has 2 rings (SSSR count). The lowest BCUT2D eigenvalue weighted by Gasteiger charge is -2.35. The molecule has 1 aromatic rings. The molecule has 0 aromatic heterocycles. The largest absolute Gasteiger partial charge is 0.379 e. The van der Waals surface area contributed by atoms with Gasteiger partial charge in [-0.1, -0.05) is 26.0 Å². The summed E-state index contributed by atoms with van der Waals surface area (Å²) in [6, 6.07) is 5.52. The maximum absolute atomic E-state index is 13.7. The van der Waals surface area contributed by atoms with Crippen molar-refractivity contribution >= 4 is 10.0 Å². The smallest absolute Gasteiger partial charge is 0.243 e. The van der Waals surface area contributed by atoms with Crippen LogP contribution in [0.3, 0.4) is 0 Å². The number of halogens is 1. The number of morpholine rings is 1. The first-order valence-corrected chi connectivity index (χ1v) is 9.44. The summed E-state index contributed by atoms with van der Waals surface area (Å²) in [7, 11) is -3.84. The Morgan fingerprint density at radius 3 is 2.52 bits per heavy atom. The van der Waals surface area contributed by atoms with E-state index in [0.717, 1.165) is 25.6 Å². The summed E-state index contributed by atoms with van der Waals surface area (Å²) in [5.74, 6) is -0.285. The minimum atomic E-state index is -3.84. The van der Waals surface area contributed by atoms with Gasteiger partial charge in [0.15, 0.2) is 0 Å². The van der Waals surface area contributed by atoms with Gasteiger partial charge in [-0.05, 0) is 24.5 Å². The van der Waals surface area contributed by atoms with Crippen LogP contribution in [0.1, 0.15) is 20.3 Å². The van der Waals surface area contributed by atoms with Gasteiger partial charge in [0.1, 0.15) is 10.7 Å². The fourth-order valence-corrected chi connectivity index (χ4v) is 3.94. The first-order chi connectivity index (χ1) is 10.9. The summed E-state index contributed by atoms with van der Waals surface area (Å²) in [4.78, 5) is 1.94. The van der Waals surface area contributed by atoms with Gasteiger partial charge >= 0.3 is 0 Å². The van der Waals surface area contributed by atoms with Crippen LogP contribution in [0.15, 0.2) is 29.2 Å². The Labute approximate surface area is 137 Å². The number of nitrogens with zero attached hydrogens (tertiary/aromatic N) is 1. The van der Waals surface area contributed by atoms with Crippen molar-refractivity contribution in [1.82, 2.24) is 9.62 Å². The van der Waals surface area contributed by atoms with E-state index in [1.54, 1.807) is 0 Å². The highest BCUT2D eigenvalue weighted by molar-refractivity contribution is 7.89. The molecule has 1 aliphatic heterocycles. The van der Waals surface area contributed by atoms with Crippen LogP contribution in [-0.4, -0.2) is 52.2 Å². The van der Waals surface area contributed by atoms with E-state index >= 15 is 0 Å². The maximum Gasteiger partial charge on any atom is 0.243 e. The van der Waals surface area contributed by atoms with Crippen LogP contribution < -0.4 is 4.72 Å². The molecule has 0 amide bonds. The van der Waals surface area contributed by atoms with Crippen LogP contribution in [0.2, 0.25) is 0 Å². The van der Waals surface area contributed by atoms with Crippen molar-refractivity contribution in [3.63, 3.8) is 0 Å². The molecule has 0 saturated carbocycles. The van der Waals surface area contributed by atoms with Gasteiger partial charge in [0.05, 0.1) is 13.2 Å². The molecule has 7 heteroatoms. The van der Waals surface area contributed by atoms with E-state index in [-0.39, 0.29) is 17.5 Å². The van der Waals surface area contributed by atoms with Gasteiger partial charge in [-0.3, -0.25) is 4.90 Å². The molecule has 0 aliphatic carbocycles. The molecule has 1 aromatic carbocycles. The molecule has 0 spiro atoms. The highest BCUT2D eigenvalue weighted by Gasteiger charge is 2.25. The molecule has 1 aliphatic rings. The van der Waals surface area contributed by atoms with Gasteiger partial charge in [-0.2, -0.15) is 0 Å². The molecule has 1 heterocycles. The topological polar surface area (TPSA) is 58.6 Å². The molecular formula is C16H25FN2O3S. The van der Waals surface area contributed by atoms with Gasteiger partial charge < -0.3 is 4.74 Å². The molecule has 1 unspecified atom stereocenters. The molecule has 0 radical (unpaired) electrons. The Hall–Kier alpha value is -1.02. The summed E-state index contributed by atoms with van der Waals surface area (Å²) < 4.78 is 46.3. The number of benzene rings is 1. The predicted molar refractivity (Wildman–Crippen MR) is 87.2 cm³/mol. The van der Waals surface area contributed by atoms with E-state index in [1.807, 2.05) is 0 Å². The average Bonchev–Trinajstić information content (AvgIpc) is 2.52. The SMILES string of the molecule is CC(C)CC(CNS(=O)(=O)c1ccccc1F)N1CCOCC1. The van der Waals surface area contributed by atoms with E-state index in [0.29, 0.717) is 19.1 Å². The summed E-state index contributed by atoms with van der Waals surface area (Å²) in [5, 5.41) is 0. The summed E-state index contributed by atoms with van der Waals surface area (Å²) in [6.45, 7) is 7.40. The molecular weight excluding hydrogens is 319 g/mol. The second kappa shape index (κ2) is 8.19. The van der Waals surface area contributed by atoms with Gasteiger partial charge in [-0.25, -0.2) is 17.5 Å². The molecule has 130 valence electrons. The highest BCUT2D eigenvalue weighted by Crippen LogP contribution is 2.16. The monoisotopic (exact) mass is 344 g/mol. The van der Waals surface area contributed by atoms with E-state index in [4.69, 9.17) is 4.74 Å². The maximum atomic E-state index is 13.7.